The Bertz CT molecular complexity index is 618. The Morgan fingerprint density at radius 1 is 1.24 bits per heavy atom. The first-order valence-corrected chi connectivity index (χ1v) is 7.16. The number of ether oxygens (including phenoxy) is 1. The molecular formula is C15H19F2N3O. The van der Waals surface area contributed by atoms with Gasteiger partial charge in [-0.1, -0.05) is 12.1 Å². The monoisotopic (exact) mass is 295 g/mol. The van der Waals surface area contributed by atoms with Crippen LogP contribution in [0.3, 0.4) is 0 Å². The molecule has 114 valence electrons. The Morgan fingerprint density at radius 3 is 2.57 bits per heavy atom. The summed E-state index contributed by atoms with van der Waals surface area (Å²) >= 11 is 0. The van der Waals surface area contributed by atoms with Crippen LogP contribution in [0, 0.1) is 0 Å². The largest absolute Gasteiger partial charge is 0.373 e. The Balaban J connectivity index is 1.91. The molecule has 0 amide bonds. The van der Waals surface area contributed by atoms with Gasteiger partial charge in [0.2, 0.25) is 0 Å². The molecule has 0 N–H and O–H groups in total. The molecule has 1 aromatic heterocycles. The number of alkyl halides is 2. The summed E-state index contributed by atoms with van der Waals surface area (Å²) in [6.45, 7) is 3.30. The second kappa shape index (κ2) is 5.69. The first kappa shape index (κ1) is 14.4. The number of benzene rings is 1. The second-order valence-corrected chi connectivity index (χ2v) is 5.62. The van der Waals surface area contributed by atoms with Gasteiger partial charge in [-0.25, -0.2) is 4.98 Å². The molecule has 0 radical (unpaired) electrons. The zero-order chi connectivity index (χ0) is 15.0. The maximum absolute atomic E-state index is 13.4. The van der Waals surface area contributed by atoms with Crippen molar-refractivity contribution >= 4 is 11.0 Å². The van der Waals surface area contributed by atoms with Crippen molar-refractivity contribution in [2.45, 2.75) is 39.1 Å². The van der Waals surface area contributed by atoms with Gasteiger partial charge in [0.15, 0.2) is 0 Å². The smallest absolute Gasteiger partial charge is 0.320 e. The molecule has 0 saturated carbocycles. The Labute approximate surface area is 122 Å². The number of halogens is 2. The van der Waals surface area contributed by atoms with E-state index in [2.05, 4.69) is 9.88 Å². The van der Waals surface area contributed by atoms with Crippen LogP contribution in [0.1, 0.15) is 26.2 Å². The number of hydrogen-bond acceptors (Lipinski definition) is 3. The average Bonchev–Trinajstić information content (AvgIpc) is 2.75. The summed E-state index contributed by atoms with van der Waals surface area (Å²) in [5, 5.41) is 0. The molecule has 0 unspecified atom stereocenters. The minimum atomic E-state index is -2.58. The van der Waals surface area contributed by atoms with Crippen LogP contribution >= 0.6 is 0 Å². The van der Waals surface area contributed by atoms with Crippen molar-refractivity contribution < 1.29 is 13.5 Å². The van der Waals surface area contributed by atoms with Crippen LogP contribution in [0.4, 0.5) is 8.78 Å². The van der Waals surface area contributed by atoms with E-state index in [1.807, 2.05) is 19.9 Å². The maximum Gasteiger partial charge on any atom is 0.320 e. The van der Waals surface area contributed by atoms with E-state index in [1.165, 1.54) is 0 Å². The summed E-state index contributed by atoms with van der Waals surface area (Å²) < 4.78 is 33.5. The SMILES string of the molecule is C[C@H]1CN(Cc2nc3ccccc3n2C(F)F)C[C@H](C)O1. The van der Waals surface area contributed by atoms with E-state index in [-0.39, 0.29) is 12.2 Å². The van der Waals surface area contributed by atoms with Crippen LogP contribution in [-0.4, -0.2) is 39.7 Å². The quantitative estimate of drug-likeness (QED) is 0.872. The van der Waals surface area contributed by atoms with Crippen LogP contribution in [-0.2, 0) is 11.3 Å². The molecule has 3 rings (SSSR count). The maximum atomic E-state index is 13.4. The lowest BCUT2D eigenvalue weighted by molar-refractivity contribution is -0.0719. The van der Waals surface area contributed by atoms with E-state index in [0.29, 0.717) is 23.4 Å². The van der Waals surface area contributed by atoms with Gasteiger partial charge in [-0.05, 0) is 26.0 Å². The average molecular weight is 295 g/mol. The van der Waals surface area contributed by atoms with Crippen molar-refractivity contribution in [3.05, 3.63) is 30.1 Å². The number of para-hydroxylation sites is 2. The van der Waals surface area contributed by atoms with Crippen molar-refractivity contribution in [3.63, 3.8) is 0 Å². The molecule has 1 aliphatic heterocycles. The molecule has 2 aromatic rings. The predicted octanol–water partition coefficient (Wildman–Crippen LogP) is 3.04. The lowest BCUT2D eigenvalue weighted by atomic mass is 10.2. The fourth-order valence-electron chi connectivity index (χ4n) is 3.04. The van der Waals surface area contributed by atoms with Gasteiger partial charge in [0.25, 0.3) is 0 Å². The van der Waals surface area contributed by atoms with Gasteiger partial charge in [0, 0.05) is 13.1 Å². The highest BCUT2D eigenvalue weighted by Gasteiger charge is 2.25. The number of morpholine rings is 1. The highest BCUT2D eigenvalue weighted by molar-refractivity contribution is 5.75. The van der Waals surface area contributed by atoms with Crippen molar-refractivity contribution in [1.82, 2.24) is 14.5 Å². The fourth-order valence-corrected chi connectivity index (χ4v) is 3.04. The Kier molecular flexibility index (Phi) is 3.91. The van der Waals surface area contributed by atoms with Gasteiger partial charge in [0.1, 0.15) is 5.82 Å². The minimum Gasteiger partial charge on any atom is -0.373 e. The van der Waals surface area contributed by atoms with Crippen molar-refractivity contribution in [1.29, 1.82) is 0 Å². The van der Waals surface area contributed by atoms with Crippen LogP contribution < -0.4 is 0 Å². The van der Waals surface area contributed by atoms with E-state index in [1.54, 1.807) is 18.2 Å². The van der Waals surface area contributed by atoms with E-state index in [0.717, 1.165) is 17.7 Å². The molecule has 0 bridgehead atoms. The number of aromatic nitrogens is 2. The normalized spacial score (nSPS) is 24.0. The Hall–Kier alpha value is -1.53. The second-order valence-electron chi connectivity index (χ2n) is 5.62. The summed E-state index contributed by atoms with van der Waals surface area (Å²) in [5.74, 6) is 0.410. The molecule has 2 heterocycles. The van der Waals surface area contributed by atoms with Gasteiger partial charge in [-0.2, -0.15) is 8.78 Å². The molecular weight excluding hydrogens is 276 g/mol. The Morgan fingerprint density at radius 2 is 1.90 bits per heavy atom. The lowest BCUT2D eigenvalue weighted by Crippen LogP contribution is -2.45. The van der Waals surface area contributed by atoms with Crippen molar-refractivity contribution in [3.8, 4) is 0 Å². The summed E-state index contributed by atoms with van der Waals surface area (Å²) in [6, 6.07) is 7.02. The molecule has 1 fully saturated rings. The van der Waals surface area contributed by atoms with E-state index < -0.39 is 6.55 Å². The molecule has 0 aliphatic carbocycles. The molecule has 2 atom stereocenters. The van der Waals surface area contributed by atoms with Gasteiger partial charge >= 0.3 is 6.55 Å². The fraction of sp³-hybridized carbons (Fsp3) is 0.533. The summed E-state index contributed by atoms with van der Waals surface area (Å²) in [4.78, 5) is 6.50. The van der Waals surface area contributed by atoms with Gasteiger partial charge in [0.05, 0.1) is 29.8 Å². The van der Waals surface area contributed by atoms with E-state index in [9.17, 15) is 8.78 Å². The van der Waals surface area contributed by atoms with Gasteiger partial charge in [-0.15, -0.1) is 0 Å². The zero-order valence-electron chi connectivity index (χ0n) is 12.2. The molecule has 6 heteroatoms. The third-order valence-corrected chi connectivity index (χ3v) is 3.72. The van der Waals surface area contributed by atoms with Crippen molar-refractivity contribution in [2.75, 3.05) is 13.1 Å². The van der Waals surface area contributed by atoms with Crippen LogP contribution in [0.2, 0.25) is 0 Å². The molecule has 1 aliphatic rings. The lowest BCUT2D eigenvalue weighted by Gasteiger charge is -2.35. The highest BCUT2D eigenvalue weighted by atomic mass is 19.3. The van der Waals surface area contributed by atoms with E-state index in [4.69, 9.17) is 4.74 Å². The van der Waals surface area contributed by atoms with Gasteiger partial charge < -0.3 is 4.74 Å². The number of fused-ring (bicyclic) bond motifs is 1. The molecule has 1 saturated heterocycles. The van der Waals surface area contributed by atoms with Crippen molar-refractivity contribution in [2.24, 2.45) is 0 Å². The predicted molar refractivity (Wildman–Crippen MR) is 76.3 cm³/mol. The standard InChI is InChI=1S/C15H19F2N3O/c1-10-7-19(8-11(2)21-10)9-14-18-12-5-3-4-6-13(12)20(14)15(16)17/h3-6,10-11,15H,7-9H2,1-2H3/t10-,11-/m0/s1. The number of imidazole rings is 1. The number of nitrogens with zero attached hydrogens (tertiary/aromatic N) is 3. The molecule has 21 heavy (non-hydrogen) atoms. The summed E-state index contributed by atoms with van der Waals surface area (Å²) in [7, 11) is 0. The molecule has 4 nitrogen and oxygen atoms in total. The highest BCUT2D eigenvalue weighted by Crippen LogP contribution is 2.24. The summed E-state index contributed by atoms with van der Waals surface area (Å²) in [5.41, 5.74) is 1.10. The van der Waals surface area contributed by atoms with Crippen LogP contribution in [0.25, 0.3) is 11.0 Å². The van der Waals surface area contributed by atoms with Crippen LogP contribution in [0.15, 0.2) is 24.3 Å². The van der Waals surface area contributed by atoms with Crippen LogP contribution in [0.5, 0.6) is 0 Å². The number of hydrogen-bond donors (Lipinski definition) is 0. The zero-order valence-corrected chi connectivity index (χ0v) is 12.2. The molecule has 0 spiro atoms. The number of rotatable bonds is 3. The third kappa shape index (κ3) is 2.91. The summed E-state index contributed by atoms with van der Waals surface area (Å²) in [6.07, 6.45) is 0.219. The minimum absolute atomic E-state index is 0.109. The first-order chi connectivity index (χ1) is 10.0. The van der Waals surface area contributed by atoms with E-state index >= 15 is 0 Å². The topological polar surface area (TPSA) is 30.3 Å². The van der Waals surface area contributed by atoms with Gasteiger partial charge in [-0.3, -0.25) is 9.47 Å². The first-order valence-electron chi connectivity index (χ1n) is 7.16. The molecule has 1 aromatic carbocycles. The third-order valence-electron chi connectivity index (χ3n) is 3.72.